The number of halogens is 2. The van der Waals surface area contributed by atoms with Crippen LogP contribution in [0.4, 0.5) is 0 Å². The molecule has 2 atom stereocenters. The fourth-order valence-corrected chi connectivity index (χ4v) is 2.80. The number of hydrogen-bond acceptors (Lipinski definition) is 1. The Morgan fingerprint density at radius 1 is 0.882 bits per heavy atom. The van der Waals surface area contributed by atoms with E-state index in [1.54, 1.807) is 0 Å². The van der Waals surface area contributed by atoms with E-state index in [0.29, 0.717) is 5.02 Å². The van der Waals surface area contributed by atoms with Crippen LogP contribution < -0.4 is 0 Å². The maximum atomic E-state index is 9.94. The average Bonchev–Trinajstić information content (AvgIpc) is 2.33. The Morgan fingerprint density at radius 2 is 1.41 bits per heavy atom. The Kier molecular flexibility index (Phi) is 4.42. The number of rotatable bonds is 3. The minimum Gasteiger partial charge on any atom is -0.382 e. The van der Waals surface area contributed by atoms with E-state index in [2.05, 4.69) is 0 Å². The van der Waals surface area contributed by atoms with E-state index >= 15 is 0 Å². The molecule has 0 amide bonds. The van der Waals surface area contributed by atoms with Gasteiger partial charge in [-0.15, -0.1) is 0 Å². The molecule has 0 spiro atoms. The lowest BCUT2D eigenvalue weighted by atomic mass is 9.92. The molecule has 0 aliphatic heterocycles. The summed E-state index contributed by atoms with van der Waals surface area (Å²) in [6.45, 7) is 0. The highest BCUT2D eigenvalue weighted by molar-refractivity contribution is 14.1. The largest absolute Gasteiger partial charge is 0.382 e. The second-order valence-electron chi connectivity index (χ2n) is 3.81. The third-order valence-electron chi connectivity index (χ3n) is 2.66. The molecule has 0 fully saturated rings. The van der Waals surface area contributed by atoms with Gasteiger partial charge in [0.05, 0.1) is 0 Å². The molecule has 0 aliphatic carbocycles. The van der Waals surface area contributed by atoms with E-state index in [-0.39, 0.29) is 5.92 Å². The van der Waals surface area contributed by atoms with Crippen molar-refractivity contribution in [2.24, 2.45) is 0 Å². The molecule has 2 unspecified atom stereocenters. The zero-order chi connectivity index (χ0) is 12.3. The highest BCUT2D eigenvalue weighted by Crippen LogP contribution is 2.31. The van der Waals surface area contributed by atoms with Gasteiger partial charge in [-0.25, -0.2) is 0 Å². The van der Waals surface area contributed by atoms with Gasteiger partial charge in [0.15, 0.2) is 0 Å². The first-order valence-corrected chi connectivity index (χ1v) is 6.93. The number of aliphatic hydroxyl groups excluding tert-OH is 1. The van der Waals surface area contributed by atoms with Gasteiger partial charge in [-0.1, -0.05) is 76.7 Å². The van der Waals surface area contributed by atoms with Gasteiger partial charge in [-0.2, -0.15) is 0 Å². The smallest absolute Gasteiger partial charge is 0.116 e. The van der Waals surface area contributed by atoms with Crippen molar-refractivity contribution in [3.63, 3.8) is 0 Å². The Balaban J connectivity index is 2.39. The summed E-state index contributed by atoms with van der Waals surface area (Å²) < 4.78 is -0.462. The third-order valence-corrected chi connectivity index (χ3v) is 3.63. The lowest BCUT2D eigenvalue weighted by Crippen LogP contribution is -2.12. The zero-order valence-electron chi connectivity index (χ0n) is 9.05. The second-order valence-corrected chi connectivity index (χ2v) is 5.53. The van der Waals surface area contributed by atoms with Crippen molar-refractivity contribution in [3.05, 3.63) is 70.7 Å². The van der Waals surface area contributed by atoms with Crippen LogP contribution in [0.2, 0.25) is 5.02 Å². The van der Waals surface area contributed by atoms with Crippen molar-refractivity contribution < 1.29 is 5.11 Å². The minimum absolute atomic E-state index is 0.0194. The van der Waals surface area contributed by atoms with Gasteiger partial charge in [-0.05, 0) is 23.3 Å². The van der Waals surface area contributed by atoms with E-state index in [4.69, 9.17) is 11.6 Å². The van der Waals surface area contributed by atoms with E-state index in [1.807, 2.05) is 77.2 Å². The quantitative estimate of drug-likeness (QED) is 0.643. The van der Waals surface area contributed by atoms with E-state index in [1.165, 1.54) is 0 Å². The van der Waals surface area contributed by atoms with Gasteiger partial charge in [-0.3, -0.25) is 0 Å². The van der Waals surface area contributed by atoms with Crippen molar-refractivity contribution >= 4 is 34.2 Å². The molecule has 2 aromatic rings. The summed E-state index contributed by atoms with van der Waals surface area (Å²) in [5.41, 5.74) is 2.18. The Labute approximate surface area is 120 Å². The normalized spacial score (nSPS) is 14.3. The number of benzene rings is 2. The summed E-state index contributed by atoms with van der Waals surface area (Å²) in [6, 6.07) is 17.6. The Hall–Kier alpha value is -0.580. The fourth-order valence-electron chi connectivity index (χ4n) is 1.84. The molecule has 0 aromatic heterocycles. The summed E-state index contributed by atoms with van der Waals surface area (Å²) in [6.07, 6.45) is 0. The van der Waals surface area contributed by atoms with Crippen LogP contribution in [0.3, 0.4) is 0 Å². The maximum absolute atomic E-state index is 9.94. The van der Waals surface area contributed by atoms with Gasteiger partial charge in [0.1, 0.15) is 4.11 Å². The van der Waals surface area contributed by atoms with Crippen LogP contribution in [-0.2, 0) is 0 Å². The minimum atomic E-state index is -0.462. The van der Waals surface area contributed by atoms with Crippen LogP contribution in [0.1, 0.15) is 17.0 Å². The van der Waals surface area contributed by atoms with Gasteiger partial charge in [0.25, 0.3) is 0 Å². The second kappa shape index (κ2) is 5.85. The lowest BCUT2D eigenvalue weighted by Gasteiger charge is -2.19. The van der Waals surface area contributed by atoms with Crippen LogP contribution in [-0.4, -0.2) is 9.22 Å². The molecule has 0 radical (unpaired) electrons. The molecule has 0 aliphatic rings. The Morgan fingerprint density at radius 3 is 1.94 bits per heavy atom. The summed E-state index contributed by atoms with van der Waals surface area (Å²) in [7, 11) is 0. The molecule has 0 heterocycles. The number of alkyl halides is 1. The van der Waals surface area contributed by atoms with Crippen molar-refractivity contribution in [1.82, 2.24) is 0 Å². The molecule has 1 N–H and O–H groups in total. The van der Waals surface area contributed by atoms with E-state index < -0.39 is 4.11 Å². The molecule has 2 rings (SSSR count). The molecule has 0 bridgehead atoms. The Bertz CT molecular complexity index is 467. The first-order valence-electron chi connectivity index (χ1n) is 5.31. The summed E-state index contributed by atoms with van der Waals surface area (Å²) in [5, 5.41) is 10.7. The SMILES string of the molecule is OC(I)C(c1ccccc1)c1ccc(Cl)cc1. The molecule has 88 valence electrons. The molecular formula is C14H12ClIO. The molecule has 0 saturated heterocycles. The van der Waals surface area contributed by atoms with E-state index in [0.717, 1.165) is 11.1 Å². The van der Waals surface area contributed by atoms with E-state index in [9.17, 15) is 5.11 Å². The van der Waals surface area contributed by atoms with Crippen LogP contribution in [0, 0.1) is 0 Å². The standard InChI is InChI=1S/C14H12ClIO/c15-12-8-6-11(7-9-12)13(14(16)17)10-4-2-1-3-5-10/h1-9,13-14,17H. The fraction of sp³-hybridized carbons (Fsp3) is 0.143. The summed E-state index contributed by atoms with van der Waals surface area (Å²) >= 11 is 7.92. The first kappa shape index (κ1) is 12.9. The van der Waals surface area contributed by atoms with Crippen LogP contribution >= 0.6 is 34.2 Å². The highest BCUT2D eigenvalue weighted by Gasteiger charge is 2.20. The average molecular weight is 359 g/mol. The van der Waals surface area contributed by atoms with Gasteiger partial charge < -0.3 is 5.11 Å². The van der Waals surface area contributed by atoms with Crippen molar-refractivity contribution in [2.45, 2.75) is 10.0 Å². The predicted octanol–water partition coefficient (Wildman–Crippen LogP) is 4.23. The highest BCUT2D eigenvalue weighted by atomic mass is 127. The topological polar surface area (TPSA) is 20.2 Å². The van der Waals surface area contributed by atoms with Crippen LogP contribution in [0.25, 0.3) is 0 Å². The monoisotopic (exact) mass is 358 g/mol. The molecule has 1 nitrogen and oxygen atoms in total. The van der Waals surface area contributed by atoms with Crippen molar-refractivity contribution in [3.8, 4) is 0 Å². The third kappa shape index (κ3) is 3.21. The summed E-state index contributed by atoms with van der Waals surface area (Å²) in [4.78, 5) is 0. The lowest BCUT2D eigenvalue weighted by molar-refractivity contribution is 0.261. The van der Waals surface area contributed by atoms with Crippen LogP contribution in [0.5, 0.6) is 0 Å². The molecule has 2 aromatic carbocycles. The first-order chi connectivity index (χ1) is 8.18. The summed E-state index contributed by atoms with van der Waals surface area (Å²) in [5.74, 6) is -0.0194. The van der Waals surface area contributed by atoms with Crippen molar-refractivity contribution in [1.29, 1.82) is 0 Å². The van der Waals surface area contributed by atoms with Gasteiger partial charge in [0, 0.05) is 10.9 Å². The van der Waals surface area contributed by atoms with Gasteiger partial charge >= 0.3 is 0 Å². The number of aliphatic hydroxyl groups is 1. The predicted molar refractivity (Wildman–Crippen MR) is 79.8 cm³/mol. The molecule has 17 heavy (non-hydrogen) atoms. The maximum Gasteiger partial charge on any atom is 0.116 e. The number of hydrogen-bond donors (Lipinski definition) is 1. The van der Waals surface area contributed by atoms with Crippen LogP contribution in [0.15, 0.2) is 54.6 Å². The molecule has 3 heteroatoms. The van der Waals surface area contributed by atoms with Crippen molar-refractivity contribution in [2.75, 3.05) is 0 Å². The zero-order valence-corrected chi connectivity index (χ0v) is 12.0. The molecule has 0 saturated carbocycles. The van der Waals surface area contributed by atoms with Gasteiger partial charge in [0.2, 0.25) is 0 Å². The molecular weight excluding hydrogens is 347 g/mol.